The van der Waals surface area contributed by atoms with Crippen LogP contribution in [-0.4, -0.2) is 33.4 Å². The summed E-state index contributed by atoms with van der Waals surface area (Å²) in [6.45, 7) is 3.32. The van der Waals surface area contributed by atoms with E-state index in [9.17, 15) is 0 Å². The van der Waals surface area contributed by atoms with E-state index in [0.717, 1.165) is 22.3 Å². The zero-order valence-electron chi connectivity index (χ0n) is 11.1. The first-order valence-electron chi connectivity index (χ1n) is 5.92. The number of halogens is 1. The van der Waals surface area contributed by atoms with Crippen molar-refractivity contribution >= 4 is 15.9 Å². The number of ether oxygens (including phenoxy) is 2. The van der Waals surface area contributed by atoms with Gasteiger partial charge in [0, 0.05) is 26.2 Å². The Morgan fingerprint density at radius 2 is 2.11 bits per heavy atom. The molecular weight excluding hydrogens is 296 g/mol. The Balaban J connectivity index is 2.72. The molecule has 0 bridgehead atoms. The standard InChI is InChI=1S/C13H21BrN2O2/c1-9(17-2)8-16-12(7-15)10-4-5-13(18-3)11(14)6-10/h4-6,9,12,16H,7-8,15H2,1-3H3. The van der Waals surface area contributed by atoms with Gasteiger partial charge in [0.15, 0.2) is 0 Å². The average molecular weight is 317 g/mol. The molecule has 2 unspecified atom stereocenters. The molecular formula is C13H21BrN2O2. The molecule has 0 aliphatic carbocycles. The van der Waals surface area contributed by atoms with Crippen molar-refractivity contribution in [2.24, 2.45) is 5.73 Å². The van der Waals surface area contributed by atoms with Crippen molar-refractivity contribution in [1.82, 2.24) is 5.32 Å². The van der Waals surface area contributed by atoms with Gasteiger partial charge in [0.1, 0.15) is 5.75 Å². The predicted molar refractivity (Wildman–Crippen MR) is 77.0 cm³/mol. The zero-order chi connectivity index (χ0) is 13.5. The Bertz CT molecular complexity index is 374. The van der Waals surface area contributed by atoms with Crippen LogP contribution in [0.4, 0.5) is 0 Å². The molecule has 0 saturated heterocycles. The molecule has 0 saturated carbocycles. The number of nitrogens with two attached hydrogens (primary N) is 1. The topological polar surface area (TPSA) is 56.5 Å². The maximum absolute atomic E-state index is 5.80. The molecule has 102 valence electrons. The van der Waals surface area contributed by atoms with E-state index in [1.165, 1.54) is 0 Å². The van der Waals surface area contributed by atoms with Gasteiger partial charge in [-0.25, -0.2) is 0 Å². The second kappa shape index (κ2) is 7.74. The molecule has 0 aliphatic heterocycles. The predicted octanol–water partition coefficient (Wildman–Crippen LogP) is 2.08. The summed E-state index contributed by atoms with van der Waals surface area (Å²) in [5, 5.41) is 3.39. The van der Waals surface area contributed by atoms with Gasteiger partial charge in [-0.15, -0.1) is 0 Å². The molecule has 0 radical (unpaired) electrons. The lowest BCUT2D eigenvalue weighted by molar-refractivity contribution is 0.114. The van der Waals surface area contributed by atoms with Crippen LogP contribution in [0.5, 0.6) is 5.75 Å². The molecule has 0 fully saturated rings. The summed E-state index contributed by atoms with van der Waals surface area (Å²) in [5.41, 5.74) is 6.94. The number of hydrogen-bond acceptors (Lipinski definition) is 4. The van der Waals surface area contributed by atoms with Gasteiger partial charge in [-0.05, 0) is 40.5 Å². The summed E-state index contributed by atoms with van der Waals surface area (Å²) >= 11 is 3.48. The fraction of sp³-hybridized carbons (Fsp3) is 0.538. The molecule has 2 atom stereocenters. The fourth-order valence-corrected chi connectivity index (χ4v) is 2.19. The molecule has 0 aliphatic rings. The lowest BCUT2D eigenvalue weighted by atomic mass is 10.1. The van der Waals surface area contributed by atoms with E-state index in [2.05, 4.69) is 21.2 Å². The van der Waals surface area contributed by atoms with Gasteiger partial charge in [-0.3, -0.25) is 0 Å². The van der Waals surface area contributed by atoms with Gasteiger partial charge in [0.05, 0.1) is 17.7 Å². The van der Waals surface area contributed by atoms with Crippen molar-refractivity contribution in [3.05, 3.63) is 28.2 Å². The minimum absolute atomic E-state index is 0.116. The second-order valence-corrected chi connectivity index (χ2v) is 4.99. The molecule has 1 aromatic rings. The first-order valence-corrected chi connectivity index (χ1v) is 6.71. The molecule has 5 heteroatoms. The summed E-state index contributed by atoms with van der Waals surface area (Å²) in [7, 11) is 3.35. The van der Waals surface area contributed by atoms with E-state index in [1.54, 1.807) is 14.2 Å². The second-order valence-electron chi connectivity index (χ2n) is 4.14. The number of methoxy groups -OCH3 is 2. The summed E-state index contributed by atoms with van der Waals surface area (Å²) in [6, 6.07) is 6.10. The Hall–Kier alpha value is -0.620. The minimum Gasteiger partial charge on any atom is -0.496 e. The van der Waals surface area contributed by atoms with Gasteiger partial charge in [0.25, 0.3) is 0 Å². The maximum Gasteiger partial charge on any atom is 0.133 e. The highest BCUT2D eigenvalue weighted by Gasteiger charge is 2.12. The monoisotopic (exact) mass is 316 g/mol. The molecule has 0 amide bonds. The van der Waals surface area contributed by atoms with Crippen LogP contribution in [0.15, 0.2) is 22.7 Å². The Morgan fingerprint density at radius 3 is 2.61 bits per heavy atom. The van der Waals surface area contributed by atoms with Crippen LogP contribution in [0.25, 0.3) is 0 Å². The first kappa shape index (κ1) is 15.4. The molecule has 18 heavy (non-hydrogen) atoms. The van der Waals surface area contributed by atoms with Crippen LogP contribution < -0.4 is 15.8 Å². The van der Waals surface area contributed by atoms with Gasteiger partial charge in [-0.1, -0.05) is 6.07 Å². The Labute approximate surface area is 117 Å². The fourth-order valence-electron chi connectivity index (χ4n) is 1.63. The van der Waals surface area contributed by atoms with Crippen molar-refractivity contribution in [3.63, 3.8) is 0 Å². The third kappa shape index (κ3) is 4.24. The van der Waals surface area contributed by atoms with Crippen LogP contribution in [-0.2, 0) is 4.74 Å². The minimum atomic E-state index is 0.116. The summed E-state index contributed by atoms with van der Waals surface area (Å²) in [4.78, 5) is 0. The number of benzene rings is 1. The third-order valence-corrected chi connectivity index (χ3v) is 3.49. The summed E-state index contributed by atoms with van der Waals surface area (Å²) in [5.74, 6) is 0.819. The van der Waals surface area contributed by atoms with E-state index in [1.807, 2.05) is 25.1 Å². The lowest BCUT2D eigenvalue weighted by Gasteiger charge is -2.20. The summed E-state index contributed by atoms with van der Waals surface area (Å²) < 4.78 is 11.4. The molecule has 0 spiro atoms. The average Bonchev–Trinajstić information content (AvgIpc) is 2.39. The number of hydrogen-bond donors (Lipinski definition) is 2. The van der Waals surface area contributed by atoms with Crippen molar-refractivity contribution < 1.29 is 9.47 Å². The van der Waals surface area contributed by atoms with Gasteiger partial charge >= 0.3 is 0 Å². The first-order chi connectivity index (χ1) is 8.62. The van der Waals surface area contributed by atoms with Crippen LogP contribution in [0, 0.1) is 0 Å². The molecule has 1 rings (SSSR count). The van der Waals surface area contributed by atoms with Gasteiger partial charge in [-0.2, -0.15) is 0 Å². The SMILES string of the molecule is COc1ccc(C(CN)NCC(C)OC)cc1Br. The molecule has 1 aromatic carbocycles. The van der Waals surface area contributed by atoms with Crippen LogP contribution in [0.2, 0.25) is 0 Å². The van der Waals surface area contributed by atoms with Crippen LogP contribution in [0.3, 0.4) is 0 Å². The smallest absolute Gasteiger partial charge is 0.133 e. The number of nitrogens with one attached hydrogen (secondary N) is 1. The molecule has 4 nitrogen and oxygen atoms in total. The Kier molecular flexibility index (Phi) is 6.63. The molecule has 0 heterocycles. The summed E-state index contributed by atoms with van der Waals surface area (Å²) in [6.07, 6.45) is 0.167. The van der Waals surface area contributed by atoms with Crippen molar-refractivity contribution in [3.8, 4) is 5.75 Å². The normalized spacial score (nSPS) is 14.3. The number of rotatable bonds is 7. The largest absolute Gasteiger partial charge is 0.496 e. The molecule has 0 aromatic heterocycles. The van der Waals surface area contributed by atoms with Crippen molar-refractivity contribution in [2.45, 2.75) is 19.1 Å². The van der Waals surface area contributed by atoms with Crippen molar-refractivity contribution in [2.75, 3.05) is 27.3 Å². The van der Waals surface area contributed by atoms with E-state index in [-0.39, 0.29) is 12.1 Å². The quantitative estimate of drug-likeness (QED) is 0.808. The van der Waals surface area contributed by atoms with E-state index in [4.69, 9.17) is 15.2 Å². The van der Waals surface area contributed by atoms with E-state index >= 15 is 0 Å². The van der Waals surface area contributed by atoms with Crippen molar-refractivity contribution in [1.29, 1.82) is 0 Å². The van der Waals surface area contributed by atoms with E-state index in [0.29, 0.717) is 6.54 Å². The van der Waals surface area contributed by atoms with E-state index < -0.39 is 0 Å². The van der Waals surface area contributed by atoms with Gasteiger partial charge in [0.2, 0.25) is 0 Å². The van der Waals surface area contributed by atoms with Crippen LogP contribution >= 0.6 is 15.9 Å². The highest BCUT2D eigenvalue weighted by molar-refractivity contribution is 9.10. The Morgan fingerprint density at radius 1 is 1.39 bits per heavy atom. The lowest BCUT2D eigenvalue weighted by Crippen LogP contribution is -2.33. The highest BCUT2D eigenvalue weighted by Crippen LogP contribution is 2.27. The van der Waals surface area contributed by atoms with Gasteiger partial charge < -0.3 is 20.5 Å². The third-order valence-electron chi connectivity index (χ3n) is 2.87. The zero-order valence-corrected chi connectivity index (χ0v) is 12.7. The molecule has 3 N–H and O–H groups in total. The van der Waals surface area contributed by atoms with Crippen LogP contribution in [0.1, 0.15) is 18.5 Å². The maximum atomic E-state index is 5.80. The highest BCUT2D eigenvalue weighted by atomic mass is 79.9.